The molecule has 0 aliphatic carbocycles. The highest BCUT2D eigenvalue weighted by molar-refractivity contribution is 5.78. The number of amides is 1. The summed E-state index contributed by atoms with van der Waals surface area (Å²) >= 11 is 0. The zero-order valence-corrected chi connectivity index (χ0v) is 20.9. The van der Waals surface area contributed by atoms with Gasteiger partial charge in [0.2, 0.25) is 11.8 Å². The van der Waals surface area contributed by atoms with E-state index >= 15 is 0 Å². The molecule has 0 radical (unpaired) electrons. The summed E-state index contributed by atoms with van der Waals surface area (Å²) in [6, 6.07) is 20.4. The highest BCUT2D eigenvalue weighted by atomic mass is 16.5. The van der Waals surface area contributed by atoms with Crippen molar-refractivity contribution in [2.24, 2.45) is 0 Å². The Bertz CT molecular complexity index is 1360. The fourth-order valence-corrected chi connectivity index (χ4v) is 4.45. The van der Waals surface area contributed by atoms with E-state index in [1.807, 2.05) is 33.8 Å². The number of hydrogen-bond donors (Lipinski definition) is 0. The van der Waals surface area contributed by atoms with Gasteiger partial charge in [-0.2, -0.15) is 5.10 Å². The van der Waals surface area contributed by atoms with E-state index in [1.165, 1.54) is 17.5 Å². The monoisotopic (exact) mass is 482 g/mol. The molecule has 0 N–H and O–H groups in total. The smallest absolute Gasteiger partial charge is 0.244 e. The van der Waals surface area contributed by atoms with E-state index in [1.54, 1.807) is 7.11 Å². The zero-order chi connectivity index (χ0) is 25.1. The molecule has 0 unspecified atom stereocenters. The van der Waals surface area contributed by atoms with Crippen molar-refractivity contribution in [1.82, 2.24) is 24.6 Å². The molecule has 8 nitrogen and oxygen atoms in total. The van der Waals surface area contributed by atoms with Gasteiger partial charge in [-0.25, -0.2) is 9.97 Å². The number of ether oxygens (including phenoxy) is 1. The van der Waals surface area contributed by atoms with Crippen LogP contribution in [0.1, 0.15) is 11.1 Å². The average Bonchev–Trinajstić information content (AvgIpc) is 3.34. The lowest BCUT2D eigenvalue weighted by molar-refractivity contribution is -0.132. The quantitative estimate of drug-likeness (QED) is 0.414. The first-order chi connectivity index (χ1) is 17.5. The molecule has 184 valence electrons. The molecule has 1 aliphatic heterocycles. The fraction of sp³-hybridized carbons (Fsp3) is 0.286. The topological polar surface area (TPSA) is 76.4 Å². The maximum absolute atomic E-state index is 13.3. The Balaban J connectivity index is 1.34. The van der Waals surface area contributed by atoms with Gasteiger partial charge in [-0.05, 0) is 42.7 Å². The first-order valence-electron chi connectivity index (χ1n) is 12.1. The van der Waals surface area contributed by atoms with Crippen molar-refractivity contribution in [2.45, 2.75) is 20.4 Å². The molecule has 0 bridgehead atoms. The van der Waals surface area contributed by atoms with Crippen molar-refractivity contribution in [3.05, 3.63) is 78.1 Å². The van der Waals surface area contributed by atoms with Crippen LogP contribution in [0.4, 0.5) is 5.82 Å². The number of carbonyl (C=O) groups excluding carboxylic acids is 1. The largest absolute Gasteiger partial charge is 0.481 e. The number of anilines is 1. The van der Waals surface area contributed by atoms with E-state index in [9.17, 15) is 4.79 Å². The summed E-state index contributed by atoms with van der Waals surface area (Å²) in [6.45, 7) is 7.04. The van der Waals surface area contributed by atoms with Gasteiger partial charge >= 0.3 is 0 Å². The van der Waals surface area contributed by atoms with Gasteiger partial charge < -0.3 is 14.5 Å². The Kier molecular flexibility index (Phi) is 6.66. The van der Waals surface area contributed by atoms with Gasteiger partial charge in [-0.15, -0.1) is 0 Å². The molecule has 1 saturated heterocycles. The molecule has 0 spiro atoms. The Hall–Kier alpha value is -4.20. The normalized spacial score (nSPS) is 13.6. The number of aryl methyl sites for hydroxylation is 2. The van der Waals surface area contributed by atoms with E-state index in [4.69, 9.17) is 9.84 Å². The second kappa shape index (κ2) is 10.2. The molecule has 1 amide bonds. The van der Waals surface area contributed by atoms with E-state index in [-0.39, 0.29) is 12.5 Å². The van der Waals surface area contributed by atoms with Crippen molar-refractivity contribution in [1.29, 1.82) is 0 Å². The summed E-state index contributed by atoms with van der Waals surface area (Å²) in [7, 11) is 1.59. The van der Waals surface area contributed by atoms with Crippen LogP contribution in [-0.4, -0.2) is 63.8 Å². The van der Waals surface area contributed by atoms with Crippen LogP contribution in [0.3, 0.4) is 0 Å². The predicted octanol–water partition coefficient (Wildman–Crippen LogP) is 3.98. The Morgan fingerprint density at radius 2 is 1.67 bits per heavy atom. The van der Waals surface area contributed by atoms with Crippen LogP contribution in [0.25, 0.3) is 22.5 Å². The number of carbonyl (C=O) groups is 1. The minimum atomic E-state index is 0.0573. The summed E-state index contributed by atoms with van der Waals surface area (Å²) in [5, 5.41) is 4.87. The third kappa shape index (κ3) is 4.93. The van der Waals surface area contributed by atoms with Crippen molar-refractivity contribution in [2.75, 3.05) is 38.2 Å². The molecule has 1 fully saturated rings. The van der Waals surface area contributed by atoms with E-state index in [2.05, 4.69) is 65.1 Å². The molecule has 3 heterocycles. The molecule has 2 aromatic heterocycles. The molecule has 1 aliphatic rings. The minimum absolute atomic E-state index is 0.0573. The van der Waals surface area contributed by atoms with Gasteiger partial charge in [0.05, 0.1) is 18.5 Å². The van der Waals surface area contributed by atoms with Crippen molar-refractivity contribution >= 4 is 11.7 Å². The van der Waals surface area contributed by atoms with Crippen molar-refractivity contribution < 1.29 is 9.53 Å². The molecule has 8 heteroatoms. The molecule has 2 aromatic carbocycles. The Labute approximate surface area is 211 Å². The first kappa shape index (κ1) is 23.5. The second-order valence-electron chi connectivity index (χ2n) is 9.02. The predicted molar refractivity (Wildman–Crippen MR) is 140 cm³/mol. The van der Waals surface area contributed by atoms with Crippen LogP contribution in [0.5, 0.6) is 5.88 Å². The van der Waals surface area contributed by atoms with Gasteiger partial charge in [0.1, 0.15) is 18.7 Å². The fourth-order valence-electron chi connectivity index (χ4n) is 4.45. The lowest BCUT2D eigenvalue weighted by Gasteiger charge is -2.35. The summed E-state index contributed by atoms with van der Waals surface area (Å²) in [5.41, 5.74) is 6.36. The first-order valence-corrected chi connectivity index (χ1v) is 12.1. The standard InChI is InChI=1S/C28H30N6O2/c1-20-9-10-23(15-21(20)2)24-16-25(22-7-5-4-6-8-22)34(31-24)18-28(35)33-13-11-32(12-14-33)26-17-27(36-3)30-19-29-26/h4-10,15-17,19H,11-14,18H2,1-3H3. The van der Waals surface area contributed by atoms with Crippen LogP contribution >= 0.6 is 0 Å². The van der Waals surface area contributed by atoms with Gasteiger partial charge in [0.15, 0.2) is 0 Å². The highest BCUT2D eigenvalue weighted by Crippen LogP contribution is 2.28. The molecule has 36 heavy (non-hydrogen) atoms. The third-order valence-corrected chi connectivity index (χ3v) is 6.73. The van der Waals surface area contributed by atoms with Crippen molar-refractivity contribution in [3.8, 4) is 28.4 Å². The molecular weight excluding hydrogens is 452 g/mol. The van der Waals surface area contributed by atoms with Gasteiger partial charge in [-0.3, -0.25) is 9.48 Å². The second-order valence-corrected chi connectivity index (χ2v) is 9.02. The number of aromatic nitrogens is 4. The SMILES string of the molecule is COc1cc(N2CCN(C(=O)Cn3nc(-c4ccc(C)c(C)c4)cc3-c3ccccc3)CC2)ncn1. The molecule has 0 saturated carbocycles. The molecule has 4 aromatic rings. The number of methoxy groups -OCH3 is 1. The van der Waals surface area contributed by atoms with E-state index < -0.39 is 0 Å². The molecular formula is C28H30N6O2. The van der Waals surface area contributed by atoms with Gasteiger partial charge in [0.25, 0.3) is 0 Å². The summed E-state index contributed by atoms with van der Waals surface area (Å²) in [5.74, 6) is 1.40. The van der Waals surface area contributed by atoms with Gasteiger partial charge in [-0.1, -0.05) is 42.5 Å². The summed E-state index contributed by atoms with van der Waals surface area (Å²) in [4.78, 5) is 25.8. The maximum atomic E-state index is 13.3. The van der Waals surface area contributed by atoms with Gasteiger partial charge in [0, 0.05) is 37.8 Å². The van der Waals surface area contributed by atoms with Crippen LogP contribution in [0.2, 0.25) is 0 Å². The maximum Gasteiger partial charge on any atom is 0.244 e. The zero-order valence-electron chi connectivity index (χ0n) is 20.9. The molecule has 0 atom stereocenters. The number of rotatable bonds is 6. The minimum Gasteiger partial charge on any atom is -0.481 e. The third-order valence-electron chi connectivity index (χ3n) is 6.73. The lowest BCUT2D eigenvalue weighted by atomic mass is 10.0. The number of hydrogen-bond acceptors (Lipinski definition) is 6. The number of benzene rings is 2. The average molecular weight is 483 g/mol. The lowest BCUT2D eigenvalue weighted by Crippen LogP contribution is -2.50. The number of nitrogens with zero attached hydrogens (tertiary/aromatic N) is 6. The van der Waals surface area contributed by atoms with E-state index in [0.717, 1.165) is 28.3 Å². The number of piperazine rings is 1. The Morgan fingerprint density at radius 1 is 0.889 bits per heavy atom. The molecule has 5 rings (SSSR count). The van der Waals surface area contributed by atoms with Crippen LogP contribution in [0.15, 0.2) is 67.0 Å². The summed E-state index contributed by atoms with van der Waals surface area (Å²) in [6.07, 6.45) is 1.50. The highest BCUT2D eigenvalue weighted by Gasteiger charge is 2.24. The Morgan fingerprint density at radius 3 is 2.39 bits per heavy atom. The van der Waals surface area contributed by atoms with Crippen LogP contribution in [-0.2, 0) is 11.3 Å². The van der Waals surface area contributed by atoms with E-state index in [0.29, 0.717) is 32.1 Å². The van der Waals surface area contributed by atoms with Crippen LogP contribution in [0, 0.1) is 13.8 Å². The van der Waals surface area contributed by atoms with Crippen LogP contribution < -0.4 is 9.64 Å². The summed E-state index contributed by atoms with van der Waals surface area (Å²) < 4.78 is 7.05. The van der Waals surface area contributed by atoms with Crippen molar-refractivity contribution in [3.63, 3.8) is 0 Å².